The molecule has 18 heavy (non-hydrogen) atoms. The van der Waals surface area contributed by atoms with Crippen LogP contribution in [0.3, 0.4) is 0 Å². The van der Waals surface area contributed by atoms with E-state index in [-0.39, 0.29) is 0 Å². The number of nitrogens with zero attached hydrogens (tertiary/aromatic N) is 3. The summed E-state index contributed by atoms with van der Waals surface area (Å²) in [6, 6.07) is 0.745. The fourth-order valence-electron chi connectivity index (χ4n) is 2.42. The van der Waals surface area contributed by atoms with Crippen molar-refractivity contribution < 1.29 is 0 Å². The van der Waals surface area contributed by atoms with Gasteiger partial charge in [-0.1, -0.05) is 6.42 Å². The zero-order chi connectivity index (χ0) is 12.8. The van der Waals surface area contributed by atoms with Crippen LogP contribution in [-0.2, 0) is 0 Å². The summed E-state index contributed by atoms with van der Waals surface area (Å²) in [6.45, 7) is 5.68. The number of hydrogen-bond donors (Lipinski definition) is 2. The predicted octanol–water partition coefficient (Wildman–Crippen LogP) is 1.74. The third kappa shape index (κ3) is 3.84. The Kier molecular flexibility index (Phi) is 4.75. The molecule has 5 nitrogen and oxygen atoms in total. The van der Waals surface area contributed by atoms with Crippen molar-refractivity contribution in [1.82, 2.24) is 14.9 Å². The fourth-order valence-corrected chi connectivity index (χ4v) is 2.42. The molecule has 0 saturated carbocycles. The summed E-state index contributed by atoms with van der Waals surface area (Å²) in [5.74, 6) is 1.26. The van der Waals surface area contributed by atoms with Crippen molar-refractivity contribution in [1.29, 1.82) is 0 Å². The van der Waals surface area contributed by atoms with E-state index in [9.17, 15) is 0 Å². The van der Waals surface area contributed by atoms with E-state index in [4.69, 9.17) is 5.73 Å². The average Bonchev–Trinajstić information content (AvgIpc) is 2.39. The van der Waals surface area contributed by atoms with Crippen LogP contribution in [0.4, 0.5) is 11.6 Å². The molecule has 0 aliphatic carbocycles. The van der Waals surface area contributed by atoms with Gasteiger partial charge in [-0.3, -0.25) is 0 Å². The molecule has 1 unspecified atom stereocenters. The van der Waals surface area contributed by atoms with E-state index in [1.807, 2.05) is 0 Å². The molecule has 0 bridgehead atoms. The summed E-state index contributed by atoms with van der Waals surface area (Å²) >= 11 is 0. The molecule has 3 N–H and O–H groups in total. The zero-order valence-electron chi connectivity index (χ0n) is 11.1. The molecule has 0 spiro atoms. The van der Waals surface area contributed by atoms with Crippen molar-refractivity contribution in [2.75, 3.05) is 30.7 Å². The van der Waals surface area contributed by atoms with Crippen molar-refractivity contribution in [3.8, 4) is 0 Å². The highest BCUT2D eigenvalue weighted by Gasteiger charge is 2.16. The molecule has 1 aromatic heterocycles. The molecule has 1 fully saturated rings. The minimum Gasteiger partial charge on any atom is -0.382 e. The van der Waals surface area contributed by atoms with Crippen LogP contribution in [0.2, 0.25) is 0 Å². The third-order valence-corrected chi connectivity index (χ3v) is 3.54. The second-order valence-electron chi connectivity index (χ2n) is 4.99. The molecule has 2 rings (SSSR count). The molecule has 1 aliphatic heterocycles. The monoisotopic (exact) mass is 249 g/mol. The van der Waals surface area contributed by atoms with Crippen LogP contribution in [0.5, 0.6) is 0 Å². The molecule has 1 aliphatic rings. The first-order chi connectivity index (χ1) is 8.75. The van der Waals surface area contributed by atoms with Gasteiger partial charge in [-0.25, -0.2) is 9.97 Å². The molecule has 1 saturated heterocycles. The summed E-state index contributed by atoms with van der Waals surface area (Å²) in [6.07, 6.45) is 8.47. The van der Waals surface area contributed by atoms with E-state index in [2.05, 4.69) is 27.1 Å². The van der Waals surface area contributed by atoms with E-state index >= 15 is 0 Å². The summed E-state index contributed by atoms with van der Waals surface area (Å²) in [7, 11) is 0. The van der Waals surface area contributed by atoms with Crippen LogP contribution < -0.4 is 11.1 Å². The lowest BCUT2D eigenvalue weighted by Gasteiger charge is -2.33. The number of piperidine rings is 1. The van der Waals surface area contributed by atoms with Gasteiger partial charge in [0.1, 0.15) is 11.6 Å². The number of hydrogen-bond acceptors (Lipinski definition) is 5. The van der Waals surface area contributed by atoms with E-state index < -0.39 is 0 Å². The smallest absolute Gasteiger partial charge is 0.144 e. The Balaban J connectivity index is 1.65. The third-order valence-electron chi connectivity index (χ3n) is 3.54. The maximum Gasteiger partial charge on any atom is 0.144 e. The topological polar surface area (TPSA) is 67.1 Å². The van der Waals surface area contributed by atoms with Crippen molar-refractivity contribution in [3.63, 3.8) is 0 Å². The van der Waals surface area contributed by atoms with Gasteiger partial charge in [0.25, 0.3) is 0 Å². The largest absolute Gasteiger partial charge is 0.382 e. The number of nitrogens with one attached hydrogen (secondary N) is 1. The van der Waals surface area contributed by atoms with Gasteiger partial charge in [-0.2, -0.15) is 0 Å². The summed E-state index contributed by atoms with van der Waals surface area (Å²) < 4.78 is 0. The quantitative estimate of drug-likeness (QED) is 0.778. The first-order valence-corrected chi connectivity index (χ1v) is 6.81. The lowest BCUT2D eigenvalue weighted by molar-refractivity contribution is 0.160. The molecule has 0 radical (unpaired) electrons. The van der Waals surface area contributed by atoms with Gasteiger partial charge in [-0.15, -0.1) is 0 Å². The van der Waals surface area contributed by atoms with Gasteiger partial charge in [-0.05, 0) is 32.7 Å². The Bertz CT molecular complexity index is 351. The minimum atomic E-state index is 0.461. The van der Waals surface area contributed by atoms with Crippen molar-refractivity contribution in [2.45, 2.75) is 38.6 Å². The molecule has 5 heteroatoms. The number of rotatable bonds is 5. The summed E-state index contributed by atoms with van der Waals surface area (Å²) in [4.78, 5) is 10.8. The maximum atomic E-state index is 5.49. The van der Waals surface area contributed by atoms with Gasteiger partial charge in [0.05, 0.1) is 12.4 Å². The van der Waals surface area contributed by atoms with E-state index in [1.165, 1.54) is 25.8 Å². The average molecular weight is 249 g/mol. The Hall–Kier alpha value is -1.36. The van der Waals surface area contributed by atoms with E-state index in [1.54, 1.807) is 12.4 Å². The lowest BCUT2D eigenvalue weighted by Crippen LogP contribution is -2.38. The Morgan fingerprint density at radius 1 is 1.39 bits per heavy atom. The van der Waals surface area contributed by atoms with Crippen LogP contribution in [0.1, 0.15) is 32.6 Å². The molecular weight excluding hydrogens is 226 g/mol. The van der Waals surface area contributed by atoms with Crippen LogP contribution in [-0.4, -0.2) is 40.5 Å². The highest BCUT2D eigenvalue weighted by Crippen LogP contribution is 2.16. The van der Waals surface area contributed by atoms with Crippen LogP contribution in [0.25, 0.3) is 0 Å². The molecule has 0 aromatic carbocycles. The molecule has 1 aromatic rings. The molecule has 1 atom stereocenters. The zero-order valence-corrected chi connectivity index (χ0v) is 11.1. The number of aromatic nitrogens is 2. The lowest BCUT2D eigenvalue weighted by atomic mass is 10.0. The predicted molar refractivity (Wildman–Crippen MR) is 74.4 cm³/mol. The van der Waals surface area contributed by atoms with Crippen molar-refractivity contribution in [2.24, 2.45) is 0 Å². The first-order valence-electron chi connectivity index (χ1n) is 6.81. The van der Waals surface area contributed by atoms with Gasteiger partial charge in [0.2, 0.25) is 0 Å². The SMILES string of the molecule is CC1CCCCN1CCCNc1cnc(N)cn1. The molecule has 2 heterocycles. The number of nitrogen functional groups attached to an aromatic ring is 1. The van der Waals surface area contributed by atoms with Gasteiger partial charge >= 0.3 is 0 Å². The summed E-state index contributed by atoms with van der Waals surface area (Å²) in [5, 5.41) is 3.27. The molecular formula is C13H23N5. The Morgan fingerprint density at radius 2 is 2.28 bits per heavy atom. The Morgan fingerprint density at radius 3 is 3.00 bits per heavy atom. The van der Waals surface area contributed by atoms with Crippen molar-refractivity contribution >= 4 is 11.6 Å². The second kappa shape index (κ2) is 6.54. The Labute approximate surface area is 109 Å². The van der Waals surface area contributed by atoms with Gasteiger partial charge in [0.15, 0.2) is 0 Å². The molecule has 100 valence electrons. The minimum absolute atomic E-state index is 0.461. The van der Waals surface area contributed by atoms with Gasteiger partial charge in [0, 0.05) is 19.1 Å². The van der Waals surface area contributed by atoms with E-state index in [0.717, 1.165) is 31.4 Å². The van der Waals surface area contributed by atoms with Crippen molar-refractivity contribution in [3.05, 3.63) is 12.4 Å². The standard InChI is InChI=1S/C13H23N5/c1-11-5-2-3-7-18(11)8-4-6-15-13-10-16-12(14)9-17-13/h9-11H,2-8H2,1H3,(H2,14,16)(H,15,17). The fraction of sp³-hybridized carbons (Fsp3) is 0.692. The second-order valence-corrected chi connectivity index (χ2v) is 4.99. The van der Waals surface area contributed by atoms with Gasteiger partial charge < -0.3 is 16.0 Å². The maximum absolute atomic E-state index is 5.49. The number of likely N-dealkylation sites (tertiary alicyclic amines) is 1. The molecule has 0 amide bonds. The first kappa shape index (κ1) is 13.1. The van der Waals surface area contributed by atoms with Crippen LogP contribution in [0.15, 0.2) is 12.4 Å². The summed E-state index contributed by atoms with van der Waals surface area (Å²) in [5.41, 5.74) is 5.49. The van der Waals surface area contributed by atoms with E-state index in [0.29, 0.717) is 5.82 Å². The number of nitrogens with two attached hydrogens (primary N) is 1. The van der Waals surface area contributed by atoms with Crippen LogP contribution in [0, 0.1) is 0 Å². The normalized spacial score (nSPS) is 20.8. The number of anilines is 2. The van der Waals surface area contributed by atoms with Crippen LogP contribution >= 0.6 is 0 Å². The highest BCUT2D eigenvalue weighted by atomic mass is 15.2. The highest BCUT2D eigenvalue weighted by molar-refractivity contribution is 5.35.